The number of fused-ring (bicyclic) bond motifs is 1. The number of H-pyrrole nitrogens is 1. The Kier molecular flexibility index (Phi) is 2.91. The van der Waals surface area contributed by atoms with Crippen LogP contribution in [0.4, 0.5) is 4.39 Å². The van der Waals surface area contributed by atoms with Crippen LogP contribution in [0.25, 0.3) is 22.4 Å². The minimum absolute atomic E-state index is 0.186. The summed E-state index contributed by atoms with van der Waals surface area (Å²) < 4.78 is 13.4. The molecule has 3 rings (SSSR count). The lowest BCUT2D eigenvalue weighted by molar-refractivity contribution is 0.0698. The van der Waals surface area contributed by atoms with Crippen molar-refractivity contribution in [2.45, 2.75) is 0 Å². The van der Waals surface area contributed by atoms with Crippen LogP contribution in [0.15, 0.2) is 36.4 Å². The van der Waals surface area contributed by atoms with Crippen LogP contribution in [0.1, 0.15) is 10.4 Å². The summed E-state index contributed by atoms with van der Waals surface area (Å²) in [5.74, 6) is -1.46. The Balaban J connectivity index is 2.28. The molecule has 0 radical (unpaired) electrons. The number of carboxylic acid groups (broad SMARTS) is 1. The van der Waals surface area contributed by atoms with Gasteiger partial charge in [-0.1, -0.05) is 23.7 Å². The zero-order valence-electron chi connectivity index (χ0n) is 10.0. The van der Waals surface area contributed by atoms with Crippen molar-refractivity contribution in [2.75, 3.05) is 0 Å². The van der Waals surface area contributed by atoms with Crippen molar-refractivity contribution < 1.29 is 14.3 Å². The quantitative estimate of drug-likeness (QED) is 0.756. The van der Waals surface area contributed by atoms with Crippen LogP contribution < -0.4 is 0 Å². The van der Waals surface area contributed by atoms with Crippen molar-refractivity contribution in [2.24, 2.45) is 0 Å². The second-order valence-electron chi connectivity index (χ2n) is 4.22. The number of hydrogen-bond donors (Lipinski definition) is 2. The second kappa shape index (κ2) is 4.61. The van der Waals surface area contributed by atoms with Crippen molar-refractivity contribution in [1.29, 1.82) is 0 Å². The molecule has 0 aliphatic carbocycles. The number of nitrogens with zero attached hydrogens (tertiary/aromatic N) is 1. The maximum atomic E-state index is 13.4. The van der Waals surface area contributed by atoms with Gasteiger partial charge in [0, 0.05) is 5.56 Å². The minimum atomic E-state index is -1.23. The molecule has 1 aromatic heterocycles. The average molecular weight is 291 g/mol. The number of aromatic amines is 1. The highest BCUT2D eigenvalue weighted by molar-refractivity contribution is 6.33. The van der Waals surface area contributed by atoms with Crippen LogP contribution in [-0.2, 0) is 0 Å². The highest BCUT2D eigenvalue weighted by Crippen LogP contribution is 2.28. The first kappa shape index (κ1) is 12.6. The Hall–Kier alpha value is -2.40. The molecule has 0 unspecified atom stereocenters. The summed E-state index contributed by atoms with van der Waals surface area (Å²) in [6.45, 7) is 0. The van der Waals surface area contributed by atoms with Crippen molar-refractivity contribution in [3.8, 4) is 11.4 Å². The van der Waals surface area contributed by atoms with Gasteiger partial charge in [-0.2, -0.15) is 0 Å². The first-order valence-electron chi connectivity index (χ1n) is 5.73. The van der Waals surface area contributed by atoms with Gasteiger partial charge in [0.15, 0.2) is 0 Å². The van der Waals surface area contributed by atoms with E-state index in [4.69, 9.17) is 16.7 Å². The van der Waals surface area contributed by atoms with Gasteiger partial charge in [-0.3, -0.25) is 0 Å². The van der Waals surface area contributed by atoms with Crippen LogP contribution in [0.3, 0.4) is 0 Å². The highest BCUT2D eigenvalue weighted by Gasteiger charge is 2.16. The third-order valence-electron chi connectivity index (χ3n) is 2.91. The molecular weight excluding hydrogens is 283 g/mol. The zero-order valence-corrected chi connectivity index (χ0v) is 10.8. The SMILES string of the molecule is O=C(O)c1cc(F)cc2[nH]c(-c3ccccc3Cl)nc12. The fourth-order valence-electron chi connectivity index (χ4n) is 2.03. The number of hydrogen-bond acceptors (Lipinski definition) is 2. The second-order valence-corrected chi connectivity index (χ2v) is 4.63. The van der Waals surface area contributed by atoms with Gasteiger partial charge in [-0.05, 0) is 24.3 Å². The minimum Gasteiger partial charge on any atom is -0.478 e. The molecule has 100 valence electrons. The number of nitrogens with one attached hydrogen (secondary N) is 1. The molecule has 6 heteroatoms. The Bertz CT molecular complexity index is 829. The molecule has 1 heterocycles. The number of carboxylic acids is 1. The molecule has 0 amide bonds. The molecule has 3 aromatic rings. The predicted octanol–water partition coefficient (Wildman–Crippen LogP) is 3.72. The van der Waals surface area contributed by atoms with Crippen LogP contribution in [0.2, 0.25) is 5.02 Å². The molecule has 2 N–H and O–H groups in total. The Labute approximate surface area is 117 Å². The summed E-state index contributed by atoms with van der Waals surface area (Å²) in [6, 6.07) is 9.15. The molecule has 4 nitrogen and oxygen atoms in total. The van der Waals surface area contributed by atoms with E-state index in [0.717, 1.165) is 6.07 Å². The van der Waals surface area contributed by atoms with Gasteiger partial charge >= 0.3 is 5.97 Å². The van der Waals surface area contributed by atoms with Gasteiger partial charge < -0.3 is 10.1 Å². The largest absolute Gasteiger partial charge is 0.478 e. The van der Waals surface area contributed by atoms with Crippen molar-refractivity contribution >= 4 is 28.6 Å². The van der Waals surface area contributed by atoms with E-state index in [1.807, 2.05) is 0 Å². The molecule has 0 aliphatic rings. The van der Waals surface area contributed by atoms with E-state index in [-0.39, 0.29) is 11.1 Å². The highest BCUT2D eigenvalue weighted by atomic mass is 35.5. The monoisotopic (exact) mass is 290 g/mol. The summed E-state index contributed by atoms with van der Waals surface area (Å²) >= 11 is 6.07. The van der Waals surface area contributed by atoms with E-state index in [1.54, 1.807) is 24.3 Å². The molecule has 0 aliphatic heterocycles. The summed E-state index contributed by atoms with van der Waals surface area (Å²) in [7, 11) is 0. The normalized spacial score (nSPS) is 10.9. The number of carbonyl (C=O) groups is 1. The van der Waals surface area contributed by atoms with Crippen molar-refractivity contribution in [1.82, 2.24) is 9.97 Å². The van der Waals surface area contributed by atoms with Crippen molar-refractivity contribution in [3.05, 3.63) is 52.8 Å². The van der Waals surface area contributed by atoms with Gasteiger partial charge in [0.05, 0.1) is 16.1 Å². The number of rotatable bonds is 2. The fourth-order valence-corrected chi connectivity index (χ4v) is 2.25. The van der Waals surface area contributed by atoms with E-state index < -0.39 is 11.8 Å². The molecule has 2 aromatic carbocycles. The molecule has 0 bridgehead atoms. The van der Waals surface area contributed by atoms with E-state index in [9.17, 15) is 9.18 Å². The molecule has 0 atom stereocenters. The topological polar surface area (TPSA) is 66.0 Å². The van der Waals surface area contributed by atoms with Crippen LogP contribution in [-0.4, -0.2) is 21.0 Å². The average Bonchev–Trinajstić information content (AvgIpc) is 2.81. The van der Waals surface area contributed by atoms with Gasteiger partial charge in [0.25, 0.3) is 0 Å². The molecule has 20 heavy (non-hydrogen) atoms. The molecule has 0 fully saturated rings. The smallest absolute Gasteiger partial charge is 0.338 e. The lowest BCUT2D eigenvalue weighted by Crippen LogP contribution is -1.98. The lowest BCUT2D eigenvalue weighted by atomic mass is 10.2. The number of aromatic carboxylic acids is 1. The molecule has 0 saturated carbocycles. The number of imidazole rings is 1. The van der Waals surface area contributed by atoms with E-state index >= 15 is 0 Å². The Morgan fingerprint density at radius 3 is 2.75 bits per heavy atom. The number of benzene rings is 2. The summed E-state index contributed by atoms with van der Waals surface area (Å²) in [6.07, 6.45) is 0. The summed E-state index contributed by atoms with van der Waals surface area (Å²) in [5.41, 5.74) is 0.961. The molecule has 0 saturated heterocycles. The third-order valence-corrected chi connectivity index (χ3v) is 3.24. The zero-order chi connectivity index (χ0) is 14.3. The lowest BCUT2D eigenvalue weighted by Gasteiger charge is -1.98. The Morgan fingerprint density at radius 1 is 1.30 bits per heavy atom. The van der Waals surface area contributed by atoms with Crippen LogP contribution >= 0.6 is 11.6 Å². The molecule has 0 spiro atoms. The van der Waals surface area contributed by atoms with E-state index in [1.165, 1.54) is 6.07 Å². The van der Waals surface area contributed by atoms with Crippen molar-refractivity contribution in [3.63, 3.8) is 0 Å². The Morgan fingerprint density at radius 2 is 2.05 bits per heavy atom. The van der Waals surface area contributed by atoms with Gasteiger partial charge in [-0.25, -0.2) is 14.2 Å². The fraction of sp³-hybridized carbons (Fsp3) is 0. The third kappa shape index (κ3) is 2.02. The standard InChI is InChI=1S/C14H8ClFN2O2/c15-10-4-2-1-3-8(10)13-17-11-6-7(16)5-9(14(19)20)12(11)18-13/h1-6H,(H,17,18)(H,19,20). The molecular formula is C14H8ClFN2O2. The van der Waals surface area contributed by atoms with E-state index in [0.29, 0.717) is 21.9 Å². The maximum Gasteiger partial charge on any atom is 0.338 e. The summed E-state index contributed by atoms with van der Waals surface area (Å²) in [5, 5.41) is 9.57. The first-order chi connectivity index (χ1) is 9.56. The van der Waals surface area contributed by atoms with Gasteiger partial charge in [-0.15, -0.1) is 0 Å². The van der Waals surface area contributed by atoms with Gasteiger partial charge in [0.2, 0.25) is 0 Å². The first-order valence-corrected chi connectivity index (χ1v) is 6.11. The van der Waals surface area contributed by atoms with E-state index in [2.05, 4.69) is 9.97 Å². The predicted molar refractivity (Wildman–Crippen MR) is 73.5 cm³/mol. The van der Waals surface area contributed by atoms with Crippen LogP contribution in [0, 0.1) is 5.82 Å². The number of halogens is 2. The summed E-state index contributed by atoms with van der Waals surface area (Å²) in [4.78, 5) is 18.2. The van der Waals surface area contributed by atoms with Crippen LogP contribution in [0.5, 0.6) is 0 Å². The maximum absolute atomic E-state index is 13.4. The van der Waals surface area contributed by atoms with Gasteiger partial charge in [0.1, 0.15) is 17.2 Å². The number of aromatic nitrogens is 2.